The molecule has 0 bridgehead atoms. The fraction of sp³-hybridized carbons (Fsp3) is 0.136. The van der Waals surface area contributed by atoms with Crippen LogP contribution in [-0.4, -0.2) is 30.5 Å². The molecule has 1 aromatic heterocycles. The van der Waals surface area contributed by atoms with E-state index in [4.69, 9.17) is 4.74 Å². The molecule has 138 valence electrons. The van der Waals surface area contributed by atoms with Crippen molar-refractivity contribution < 1.29 is 14.3 Å². The monoisotopic (exact) mass is 388 g/mol. The van der Waals surface area contributed by atoms with Crippen LogP contribution in [0.2, 0.25) is 0 Å². The van der Waals surface area contributed by atoms with Gasteiger partial charge in [-0.2, -0.15) is 0 Å². The van der Waals surface area contributed by atoms with Crippen molar-refractivity contribution in [2.24, 2.45) is 0 Å². The molecule has 28 heavy (non-hydrogen) atoms. The lowest BCUT2D eigenvalue weighted by Gasteiger charge is -2.14. The molecule has 3 aromatic rings. The van der Waals surface area contributed by atoms with Crippen LogP contribution in [0.5, 0.6) is 0 Å². The molecular formula is C22H16N2O3S. The number of hydrogen-bond donors (Lipinski definition) is 1. The maximum Gasteiger partial charge on any atom is 0.407 e. The zero-order valence-electron chi connectivity index (χ0n) is 14.8. The van der Waals surface area contributed by atoms with E-state index in [1.165, 1.54) is 33.6 Å². The van der Waals surface area contributed by atoms with Gasteiger partial charge in [0.25, 0.3) is 0 Å². The summed E-state index contributed by atoms with van der Waals surface area (Å²) in [4.78, 5) is 26.6. The molecule has 1 amide bonds. The van der Waals surface area contributed by atoms with E-state index in [2.05, 4.69) is 46.4 Å². The topological polar surface area (TPSA) is 68.3 Å². The number of thiazole rings is 1. The van der Waals surface area contributed by atoms with Crippen LogP contribution in [0.4, 0.5) is 4.79 Å². The van der Waals surface area contributed by atoms with Gasteiger partial charge in [-0.3, -0.25) is 4.79 Å². The van der Waals surface area contributed by atoms with Crippen molar-refractivity contribution in [3.8, 4) is 23.0 Å². The highest BCUT2D eigenvalue weighted by molar-refractivity contribution is 7.11. The summed E-state index contributed by atoms with van der Waals surface area (Å²) in [5.74, 6) is 5.62. The molecule has 1 heterocycles. The second-order valence-electron chi connectivity index (χ2n) is 6.17. The number of fused-ring (bicyclic) bond motifs is 3. The molecule has 2 aromatic carbocycles. The molecule has 0 unspecified atom stereocenters. The Balaban J connectivity index is 1.35. The fourth-order valence-corrected chi connectivity index (χ4v) is 3.85. The van der Waals surface area contributed by atoms with E-state index in [0.717, 1.165) is 0 Å². The Labute approximate surface area is 166 Å². The maximum absolute atomic E-state index is 12.0. The van der Waals surface area contributed by atoms with E-state index in [-0.39, 0.29) is 19.1 Å². The number of aldehydes is 1. The van der Waals surface area contributed by atoms with Crippen molar-refractivity contribution in [1.29, 1.82) is 0 Å². The average Bonchev–Trinajstić information content (AvgIpc) is 3.32. The van der Waals surface area contributed by atoms with Crippen LogP contribution in [0.15, 0.2) is 53.9 Å². The Hall–Kier alpha value is -3.43. The van der Waals surface area contributed by atoms with Crippen LogP contribution in [-0.2, 0) is 4.74 Å². The van der Waals surface area contributed by atoms with Gasteiger partial charge in [0.2, 0.25) is 0 Å². The minimum atomic E-state index is -0.511. The normalized spacial score (nSPS) is 11.7. The van der Waals surface area contributed by atoms with Gasteiger partial charge in [0.1, 0.15) is 12.3 Å². The first-order chi connectivity index (χ1) is 13.8. The Morgan fingerprint density at radius 2 is 1.82 bits per heavy atom. The third-order valence-electron chi connectivity index (χ3n) is 4.50. The minimum Gasteiger partial charge on any atom is -0.449 e. The zero-order chi connectivity index (χ0) is 19.3. The number of nitrogens with zero attached hydrogens (tertiary/aromatic N) is 1. The zero-order valence-corrected chi connectivity index (χ0v) is 15.7. The van der Waals surface area contributed by atoms with Gasteiger partial charge in [-0.15, -0.1) is 11.3 Å². The Kier molecular flexibility index (Phi) is 5.18. The number of rotatable bonds is 4. The smallest absolute Gasteiger partial charge is 0.407 e. The summed E-state index contributed by atoms with van der Waals surface area (Å²) in [6.45, 7) is 0.409. The summed E-state index contributed by atoms with van der Waals surface area (Å²) < 4.78 is 5.44. The van der Waals surface area contributed by atoms with Gasteiger partial charge in [0.05, 0.1) is 6.54 Å². The van der Waals surface area contributed by atoms with Crippen molar-refractivity contribution in [3.63, 3.8) is 0 Å². The highest BCUT2D eigenvalue weighted by Gasteiger charge is 2.28. The predicted octanol–water partition coefficient (Wildman–Crippen LogP) is 3.85. The molecule has 0 atom stereocenters. The molecule has 5 nitrogen and oxygen atoms in total. The van der Waals surface area contributed by atoms with Crippen molar-refractivity contribution in [1.82, 2.24) is 10.3 Å². The second-order valence-corrected chi connectivity index (χ2v) is 7.06. The van der Waals surface area contributed by atoms with Crippen molar-refractivity contribution in [2.45, 2.75) is 5.92 Å². The van der Waals surface area contributed by atoms with Crippen molar-refractivity contribution >= 4 is 23.7 Å². The van der Waals surface area contributed by atoms with Crippen LogP contribution < -0.4 is 5.32 Å². The van der Waals surface area contributed by atoms with Crippen LogP contribution in [0, 0.1) is 11.8 Å². The SMILES string of the molecule is O=Cc1nc(C#CCNC(=O)OCC2c3ccccc3-c3ccccc32)cs1. The Bertz CT molecular complexity index is 1050. The van der Waals surface area contributed by atoms with Crippen LogP contribution in [0.25, 0.3) is 11.1 Å². The van der Waals surface area contributed by atoms with Gasteiger partial charge in [0.15, 0.2) is 11.3 Å². The van der Waals surface area contributed by atoms with E-state index in [9.17, 15) is 9.59 Å². The fourth-order valence-electron chi connectivity index (χ4n) is 3.30. The maximum atomic E-state index is 12.0. The number of nitrogens with one attached hydrogen (secondary N) is 1. The largest absolute Gasteiger partial charge is 0.449 e. The number of benzene rings is 2. The summed E-state index contributed by atoms with van der Waals surface area (Å²) >= 11 is 1.23. The molecule has 0 aliphatic heterocycles. The summed E-state index contributed by atoms with van der Waals surface area (Å²) in [7, 11) is 0. The third-order valence-corrected chi connectivity index (χ3v) is 5.27. The first-order valence-electron chi connectivity index (χ1n) is 8.74. The standard InChI is InChI=1S/C22H16N2O3S/c25-12-21-24-15(14-28-21)6-5-11-23-22(26)27-13-20-18-9-3-1-7-16(18)17-8-2-4-10-19(17)20/h1-4,7-10,12,14,20H,11,13H2,(H,23,26). The van der Waals surface area contributed by atoms with Gasteiger partial charge in [0, 0.05) is 11.3 Å². The van der Waals surface area contributed by atoms with Gasteiger partial charge in [-0.25, -0.2) is 9.78 Å². The molecule has 1 aliphatic rings. The lowest BCUT2D eigenvalue weighted by Crippen LogP contribution is -2.26. The number of aromatic nitrogens is 1. The van der Waals surface area contributed by atoms with Gasteiger partial charge in [-0.05, 0) is 28.2 Å². The molecular weight excluding hydrogens is 372 g/mol. The molecule has 0 saturated carbocycles. The van der Waals surface area contributed by atoms with E-state index in [1.54, 1.807) is 5.38 Å². The number of carbonyl (C=O) groups is 2. The minimum absolute atomic E-state index is 0.0287. The van der Waals surface area contributed by atoms with Crippen LogP contribution >= 0.6 is 11.3 Å². The lowest BCUT2D eigenvalue weighted by atomic mass is 9.98. The molecule has 4 rings (SSSR count). The number of alkyl carbamates (subject to hydrolysis) is 1. The first kappa shape index (κ1) is 18.0. The summed E-state index contributed by atoms with van der Waals surface area (Å²) in [5, 5.41) is 4.70. The Morgan fingerprint density at radius 3 is 2.46 bits per heavy atom. The summed E-state index contributed by atoms with van der Waals surface area (Å²) in [6, 6.07) is 16.4. The molecule has 1 aliphatic carbocycles. The van der Waals surface area contributed by atoms with E-state index in [0.29, 0.717) is 17.0 Å². The van der Waals surface area contributed by atoms with Gasteiger partial charge < -0.3 is 10.1 Å². The highest BCUT2D eigenvalue weighted by Crippen LogP contribution is 2.44. The van der Waals surface area contributed by atoms with E-state index >= 15 is 0 Å². The van der Waals surface area contributed by atoms with Crippen molar-refractivity contribution in [2.75, 3.05) is 13.2 Å². The molecule has 6 heteroatoms. The number of carbonyl (C=O) groups excluding carboxylic acids is 2. The van der Waals surface area contributed by atoms with Crippen LogP contribution in [0.1, 0.15) is 32.5 Å². The molecule has 0 radical (unpaired) electrons. The summed E-state index contributed by atoms with van der Waals surface area (Å²) in [5.41, 5.74) is 5.24. The Morgan fingerprint density at radius 1 is 1.14 bits per heavy atom. The van der Waals surface area contributed by atoms with Crippen LogP contribution in [0.3, 0.4) is 0 Å². The number of hydrogen-bond acceptors (Lipinski definition) is 5. The quantitative estimate of drug-likeness (QED) is 0.545. The van der Waals surface area contributed by atoms with E-state index in [1.807, 2.05) is 24.3 Å². The first-order valence-corrected chi connectivity index (χ1v) is 9.62. The van der Waals surface area contributed by atoms with Gasteiger partial charge in [-0.1, -0.05) is 54.5 Å². The molecule has 0 fully saturated rings. The second kappa shape index (κ2) is 8.07. The van der Waals surface area contributed by atoms with E-state index < -0.39 is 6.09 Å². The lowest BCUT2D eigenvalue weighted by molar-refractivity contribution is 0.112. The third kappa shape index (κ3) is 3.66. The molecule has 0 saturated heterocycles. The predicted molar refractivity (Wildman–Crippen MR) is 107 cm³/mol. The number of ether oxygens (including phenoxy) is 1. The summed E-state index contributed by atoms with van der Waals surface area (Å²) in [6.07, 6.45) is 0.174. The van der Waals surface area contributed by atoms with Gasteiger partial charge >= 0.3 is 6.09 Å². The highest BCUT2D eigenvalue weighted by atomic mass is 32.1. The molecule has 1 N–H and O–H groups in total. The average molecular weight is 388 g/mol. The number of amides is 1. The molecule has 0 spiro atoms. The van der Waals surface area contributed by atoms with Crippen molar-refractivity contribution in [3.05, 3.63) is 75.7 Å².